The number of hydrogen-bond donors (Lipinski definition) is 1. The first kappa shape index (κ1) is 16.3. The van der Waals surface area contributed by atoms with E-state index in [-0.39, 0.29) is 0 Å². The van der Waals surface area contributed by atoms with Gasteiger partial charge in [-0.25, -0.2) is 4.98 Å². The Labute approximate surface area is 153 Å². The highest BCUT2D eigenvalue weighted by atomic mass is 32.1. The summed E-state index contributed by atoms with van der Waals surface area (Å²) in [7, 11) is 0. The minimum Gasteiger partial charge on any atom is -0.357 e. The van der Waals surface area contributed by atoms with Gasteiger partial charge in [0.2, 0.25) is 0 Å². The number of aromatic nitrogens is 1. The number of rotatable bonds is 5. The third kappa shape index (κ3) is 4.09. The number of thiophene rings is 1. The normalized spacial score (nSPS) is 15.4. The van der Waals surface area contributed by atoms with Crippen molar-refractivity contribution in [3.63, 3.8) is 0 Å². The van der Waals surface area contributed by atoms with Crippen LogP contribution in [0.5, 0.6) is 0 Å². The molecule has 0 radical (unpaired) electrons. The molecule has 0 saturated carbocycles. The predicted molar refractivity (Wildman–Crippen MR) is 106 cm³/mol. The van der Waals surface area contributed by atoms with Gasteiger partial charge in [-0.15, -0.1) is 11.3 Å². The second kappa shape index (κ2) is 7.81. The molecule has 4 heteroatoms. The first-order chi connectivity index (χ1) is 12.4. The number of benzene rings is 1. The third-order valence-corrected chi connectivity index (χ3v) is 5.73. The molecule has 0 aliphatic carbocycles. The molecule has 3 aromatic rings. The van der Waals surface area contributed by atoms with Gasteiger partial charge in [0.05, 0.1) is 0 Å². The van der Waals surface area contributed by atoms with Crippen LogP contribution in [-0.4, -0.2) is 24.1 Å². The maximum atomic E-state index is 4.46. The van der Waals surface area contributed by atoms with E-state index in [1.165, 1.54) is 28.8 Å². The van der Waals surface area contributed by atoms with E-state index in [1.807, 2.05) is 23.6 Å². The molecule has 1 aromatic carbocycles. The number of pyridine rings is 1. The van der Waals surface area contributed by atoms with Crippen LogP contribution in [0.2, 0.25) is 0 Å². The highest BCUT2D eigenvalue weighted by molar-refractivity contribution is 7.10. The van der Waals surface area contributed by atoms with Crippen LogP contribution in [-0.2, 0) is 6.54 Å². The number of nitrogens with one attached hydrogen (secondary N) is 1. The molecule has 0 spiro atoms. The van der Waals surface area contributed by atoms with Crippen LogP contribution in [0.3, 0.4) is 0 Å². The molecule has 1 aliphatic rings. The standard InChI is InChI=1S/C21H23N3S/c1-2-6-17(7-3-1)18-14-20(25-16-18)15-23-19-9-12-24(13-10-19)21-8-4-5-11-22-21/h1-8,11,14,16,19,23H,9-10,12-13,15H2. The van der Waals surface area contributed by atoms with Gasteiger partial charge >= 0.3 is 0 Å². The maximum absolute atomic E-state index is 4.46. The largest absolute Gasteiger partial charge is 0.357 e. The molecule has 3 heterocycles. The van der Waals surface area contributed by atoms with E-state index in [0.717, 1.165) is 25.5 Å². The van der Waals surface area contributed by atoms with Crippen LogP contribution in [0.15, 0.2) is 66.2 Å². The Kier molecular flexibility index (Phi) is 5.09. The van der Waals surface area contributed by atoms with Crippen molar-refractivity contribution in [2.75, 3.05) is 18.0 Å². The van der Waals surface area contributed by atoms with Crippen molar-refractivity contribution in [1.29, 1.82) is 0 Å². The van der Waals surface area contributed by atoms with Gasteiger partial charge in [-0.3, -0.25) is 0 Å². The summed E-state index contributed by atoms with van der Waals surface area (Å²) >= 11 is 1.85. The lowest BCUT2D eigenvalue weighted by atomic mass is 10.0. The second-order valence-corrected chi connectivity index (χ2v) is 7.49. The van der Waals surface area contributed by atoms with Gasteiger partial charge in [0.1, 0.15) is 5.82 Å². The lowest BCUT2D eigenvalue weighted by Crippen LogP contribution is -2.42. The van der Waals surface area contributed by atoms with E-state index in [1.54, 1.807) is 0 Å². The van der Waals surface area contributed by atoms with Gasteiger partial charge in [0.25, 0.3) is 0 Å². The first-order valence-corrected chi connectivity index (χ1v) is 9.79. The molecule has 4 rings (SSSR count). The molecule has 1 saturated heterocycles. The fourth-order valence-electron chi connectivity index (χ4n) is 3.35. The monoisotopic (exact) mass is 349 g/mol. The molecule has 1 aliphatic heterocycles. The molecule has 0 atom stereocenters. The van der Waals surface area contributed by atoms with Gasteiger partial charge < -0.3 is 10.2 Å². The molecule has 128 valence electrons. The van der Waals surface area contributed by atoms with E-state index in [0.29, 0.717) is 6.04 Å². The summed E-state index contributed by atoms with van der Waals surface area (Å²) in [5.41, 5.74) is 2.63. The van der Waals surface area contributed by atoms with Gasteiger partial charge in [0, 0.05) is 36.8 Å². The van der Waals surface area contributed by atoms with Crippen molar-refractivity contribution in [2.24, 2.45) is 0 Å². The fourth-order valence-corrected chi connectivity index (χ4v) is 4.20. The number of anilines is 1. The van der Waals surface area contributed by atoms with Gasteiger partial charge in [-0.2, -0.15) is 0 Å². The molecule has 25 heavy (non-hydrogen) atoms. The van der Waals surface area contributed by atoms with Crippen molar-refractivity contribution in [1.82, 2.24) is 10.3 Å². The molecule has 0 amide bonds. The minimum absolute atomic E-state index is 0.599. The summed E-state index contributed by atoms with van der Waals surface area (Å²) in [6.07, 6.45) is 4.22. The number of hydrogen-bond acceptors (Lipinski definition) is 4. The molecule has 1 N–H and O–H groups in total. The summed E-state index contributed by atoms with van der Waals surface area (Å²) < 4.78 is 0. The summed E-state index contributed by atoms with van der Waals surface area (Å²) in [4.78, 5) is 8.25. The van der Waals surface area contributed by atoms with Crippen LogP contribution in [0.4, 0.5) is 5.82 Å². The average Bonchev–Trinajstić information content (AvgIpc) is 3.17. The highest BCUT2D eigenvalue weighted by Gasteiger charge is 2.19. The van der Waals surface area contributed by atoms with E-state index in [9.17, 15) is 0 Å². The Morgan fingerprint density at radius 3 is 2.56 bits per heavy atom. The lowest BCUT2D eigenvalue weighted by molar-refractivity contribution is 0.414. The smallest absolute Gasteiger partial charge is 0.128 e. The van der Waals surface area contributed by atoms with Gasteiger partial charge in [0.15, 0.2) is 0 Å². The maximum Gasteiger partial charge on any atom is 0.128 e. The van der Waals surface area contributed by atoms with Crippen molar-refractivity contribution in [3.05, 3.63) is 71.1 Å². The van der Waals surface area contributed by atoms with Crippen molar-refractivity contribution in [3.8, 4) is 11.1 Å². The summed E-state index contributed by atoms with van der Waals surface area (Å²) in [5, 5.41) is 6.00. The SMILES string of the molecule is c1ccc(-c2csc(CNC3CCN(c4ccccn4)CC3)c2)cc1. The van der Waals surface area contributed by atoms with E-state index < -0.39 is 0 Å². The Bertz CT molecular complexity index is 777. The van der Waals surface area contributed by atoms with Gasteiger partial charge in [-0.05, 0) is 47.5 Å². The minimum atomic E-state index is 0.599. The molecule has 0 unspecified atom stereocenters. The average molecular weight is 350 g/mol. The van der Waals surface area contributed by atoms with Crippen LogP contribution in [0.1, 0.15) is 17.7 Å². The van der Waals surface area contributed by atoms with Crippen molar-refractivity contribution in [2.45, 2.75) is 25.4 Å². The number of nitrogens with zero attached hydrogens (tertiary/aromatic N) is 2. The topological polar surface area (TPSA) is 28.2 Å². The molecule has 1 fully saturated rings. The second-order valence-electron chi connectivity index (χ2n) is 6.50. The predicted octanol–water partition coefficient (Wildman–Crippen LogP) is 4.57. The van der Waals surface area contributed by atoms with E-state index in [4.69, 9.17) is 0 Å². The molecule has 3 nitrogen and oxygen atoms in total. The quantitative estimate of drug-likeness (QED) is 0.731. The highest BCUT2D eigenvalue weighted by Crippen LogP contribution is 2.25. The van der Waals surface area contributed by atoms with Crippen molar-refractivity contribution >= 4 is 17.2 Å². The Balaban J connectivity index is 1.28. The van der Waals surface area contributed by atoms with Gasteiger partial charge in [-0.1, -0.05) is 36.4 Å². The van der Waals surface area contributed by atoms with E-state index >= 15 is 0 Å². The summed E-state index contributed by atoms with van der Waals surface area (Å²) in [6.45, 7) is 3.12. The van der Waals surface area contributed by atoms with E-state index in [2.05, 4.69) is 69.1 Å². The summed E-state index contributed by atoms with van der Waals surface area (Å²) in [5.74, 6) is 1.10. The van der Waals surface area contributed by atoms with Crippen LogP contribution >= 0.6 is 11.3 Å². The number of piperidine rings is 1. The van der Waals surface area contributed by atoms with Crippen LogP contribution < -0.4 is 10.2 Å². The Hall–Kier alpha value is -2.17. The van der Waals surface area contributed by atoms with Crippen LogP contribution in [0.25, 0.3) is 11.1 Å². The zero-order valence-corrected chi connectivity index (χ0v) is 15.1. The summed E-state index contributed by atoms with van der Waals surface area (Å²) in [6, 6.07) is 19.7. The fraction of sp³-hybridized carbons (Fsp3) is 0.286. The van der Waals surface area contributed by atoms with Crippen molar-refractivity contribution < 1.29 is 0 Å². The lowest BCUT2D eigenvalue weighted by Gasteiger charge is -2.33. The zero-order valence-electron chi connectivity index (χ0n) is 14.3. The molecule has 2 aromatic heterocycles. The molecular formula is C21H23N3S. The Morgan fingerprint density at radius 2 is 1.80 bits per heavy atom. The first-order valence-electron chi connectivity index (χ1n) is 8.91. The molecular weight excluding hydrogens is 326 g/mol. The third-order valence-electron chi connectivity index (χ3n) is 4.79. The molecule has 0 bridgehead atoms. The van der Waals surface area contributed by atoms with Crippen LogP contribution in [0, 0.1) is 0 Å². The Morgan fingerprint density at radius 1 is 1.00 bits per heavy atom. The zero-order chi connectivity index (χ0) is 16.9.